The SMILES string of the molecule is CC(C)(O)c1nc(CCO)c([SH](N)(=O)NC(=O)Nc2c3c(nc4c2CCC4)CCC3)s1. The molecule has 2 aliphatic carbocycles. The zero-order chi connectivity index (χ0) is 22.4. The number of thiazole rings is 1. The first-order valence-electron chi connectivity index (χ1n) is 10.5. The lowest BCUT2D eigenvalue weighted by atomic mass is 10.1. The fraction of sp³-hybridized carbons (Fsp3) is 0.550. The third kappa shape index (κ3) is 4.37. The van der Waals surface area contributed by atoms with Gasteiger partial charge in [0, 0.05) is 34.7 Å². The third-order valence-corrected chi connectivity index (χ3v) is 9.30. The number of carbonyl (C=O) groups is 1. The van der Waals surface area contributed by atoms with Crippen molar-refractivity contribution in [3.63, 3.8) is 0 Å². The van der Waals surface area contributed by atoms with Crippen LogP contribution < -0.4 is 15.2 Å². The number of urea groups is 1. The summed E-state index contributed by atoms with van der Waals surface area (Å²) in [5, 5.41) is 28.9. The summed E-state index contributed by atoms with van der Waals surface area (Å²) in [5.74, 6) is 0. The molecule has 0 saturated carbocycles. The summed E-state index contributed by atoms with van der Waals surface area (Å²) in [6, 6.07) is -0.645. The van der Waals surface area contributed by atoms with E-state index in [4.69, 9.17) is 10.1 Å². The number of nitrogens with two attached hydrogens (primary N) is 1. The number of nitrogens with zero attached hydrogens (tertiary/aromatic N) is 2. The molecule has 4 rings (SSSR count). The van der Waals surface area contributed by atoms with E-state index in [0.29, 0.717) is 10.7 Å². The largest absolute Gasteiger partial charge is 0.396 e. The summed E-state index contributed by atoms with van der Waals surface area (Å²) in [6.45, 7) is 2.90. The van der Waals surface area contributed by atoms with Gasteiger partial charge < -0.3 is 15.5 Å². The van der Waals surface area contributed by atoms with Gasteiger partial charge in [0.05, 0.1) is 11.4 Å². The smallest absolute Gasteiger partial charge is 0.330 e. The van der Waals surface area contributed by atoms with Gasteiger partial charge in [0.1, 0.15) is 14.8 Å². The number of hydrogen-bond acceptors (Lipinski definition) is 7. The zero-order valence-corrected chi connectivity index (χ0v) is 19.4. The van der Waals surface area contributed by atoms with E-state index in [1.54, 1.807) is 13.8 Å². The molecule has 0 bridgehead atoms. The molecule has 6 N–H and O–H groups in total. The number of aromatic nitrogens is 2. The van der Waals surface area contributed by atoms with Gasteiger partial charge in [0.2, 0.25) is 0 Å². The van der Waals surface area contributed by atoms with Crippen molar-refractivity contribution in [1.82, 2.24) is 14.7 Å². The van der Waals surface area contributed by atoms with Crippen molar-refractivity contribution in [3.05, 3.63) is 33.2 Å². The summed E-state index contributed by atoms with van der Waals surface area (Å²) in [5.41, 5.74) is 4.04. The van der Waals surface area contributed by atoms with E-state index in [1.165, 1.54) is 0 Å². The molecule has 0 spiro atoms. The van der Waals surface area contributed by atoms with E-state index in [9.17, 15) is 19.2 Å². The van der Waals surface area contributed by atoms with Crippen molar-refractivity contribution < 1.29 is 19.2 Å². The lowest BCUT2D eigenvalue weighted by Gasteiger charge is -2.22. The van der Waals surface area contributed by atoms with E-state index in [0.717, 1.165) is 78.1 Å². The monoisotopic (exact) mass is 467 g/mol. The Hall–Kier alpha value is -1.92. The third-order valence-electron chi connectivity index (χ3n) is 5.61. The van der Waals surface area contributed by atoms with Crippen LogP contribution in [0.2, 0.25) is 0 Å². The molecule has 0 atom stereocenters. The van der Waals surface area contributed by atoms with Gasteiger partial charge in [-0.15, -0.1) is 11.3 Å². The number of aliphatic hydroxyl groups excluding tert-OH is 1. The van der Waals surface area contributed by atoms with E-state index in [1.807, 2.05) is 0 Å². The van der Waals surface area contributed by atoms with Crippen LogP contribution in [0, 0.1) is 0 Å². The number of fused-ring (bicyclic) bond motifs is 2. The average molecular weight is 468 g/mol. The standard InChI is InChI=1S/C20H29N5O4S2/c1-20(2,28)18-23-15(9-10-26)17(30-18)31(21,29)25-19(27)24-16-11-5-3-7-13(11)22-14-8-4-6-12(14)16/h26,28,31H,3-10H2,1-2H3,(H4,21,22,24,25,27,29). The topological polar surface area (TPSA) is 150 Å². The van der Waals surface area contributed by atoms with Gasteiger partial charge in [-0.2, -0.15) is 0 Å². The Morgan fingerprint density at radius 1 is 1.16 bits per heavy atom. The molecule has 11 heteroatoms. The summed E-state index contributed by atoms with van der Waals surface area (Å²) >= 11 is 0.989. The van der Waals surface area contributed by atoms with Crippen LogP contribution in [0.5, 0.6) is 0 Å². The minimum atomic E-state index is -3.84. The number of aryl methyl sites for hydroxylation is 2. The lowest BCUT2D eigenvalue weighted by Crippen LogP contribution is -2.45. The van der Waals surface area contributed by atoms with Crippen LogP contribution in [0.15, 0.2) is 4.21 Å². The fourth-order valence-corrected chi connectivity index (χ4v) is 7.01. The minimum absolute atomic E-state index is 0.123. The molecule has 0 aromatic carbocycles. The van der Waals surface area contributed by atoms with Crippen molar-refractivity contribution in [2.45, 2.75) is 68.6 Å². The minimum Gasteiger partial charge on any atom is -0.396 e. The highest BCUT2D eigenvalue weighted by Crippen LogP contribution is 2.37. The average Bonchev–Trinajstić information content (AvgIpc) is 3.39. The molecule has 0 aliphatic heterocycles. The number of nitrogens with one attached hydrogen (secondary N) is 2. The molecular weight excluding hydrogens is 438 g/mol. The molecule has 2 heterocycles. The molecular formula is C20H29N5O4S2. The van der Waals surface area contributed by atoms with E-state index < -0.39 is 21.9 Å². The summed E-state index contributed by atoms with van der Waals surface area (Å²) in [4.78, 5) is 21.9. The molecule has 0 fully saturated rings. The van der Waals surface area contributed by atoms with E-state index >= 15 is 0 Å². The quantitative estimate of drug-likeness (QED) is 0.352. The molecule has 0 unspecified atom stereocenters. The molecule has 2 aliphatic rings. The van der Waals surface area contributed by atoms with Gasteiger partial charge in [-0.05, 0) is 63.5 Å². The first-order chi connectivity index (χ1) is 14.6. The van der Waals surface area contributed by atoms with Crippen LogP contribution in [0.25, 0.3) is 0 Å². The Balaban J connectivity index is 1.60. The number of aliphatic hydroxyl groups is 2. The fourth-order valence-electron chi connectivity index (χ4n) is 4.21. The zero-order valence-electron chi connectivity index (χ0n) is 17.7. The van der Waals surface area contributed by atoms with E-state index in [-0.39, 0.29) is 17.2 Å². The van der Waals surface area contributed by atoms with Crippen LogP contribution in [0.4, 0.5) is 10.5 Å². The molecule has 31 heavy (non-hydrogen) atoms. The van der Waals surface area contributed by atoms with Gasteiger partial charge >= 0.3 is 6.03 Å². The van der Waals surface area contributed by atoms with Gasteiger partial charge in [-0.3, -0.25) is 14.8 Å². The van der Waals surface area contributed by atoms with Crippen LogP contribution in [0.1, 0.15) is 59.9 Å². The lowest BCUT2D eigenvalue weighted by molar-refractivity contribution is 0.0780. The maximum absolute atomic E-state index is 13.3. The Labute approximate surface area is 186 Å². The Bertz CT molecular complexity index is 1040. The summed E-state index contributed by atoms with van der Waals surface area (Å²) in [7, 11) is -3.84. The van der Waals surface area contributed by atoms with Crippen molar-refractivity contribution in [1.29, 1.82) is 0 Å². The molecule has 2 aromatic heterocycles. The predicted octanol–water partition coefficient (Wildman–Crippen LogP) is 1.26. The number of rotatable bonds is 6. The number of pyridine rings is 1. The second kappa shape index (κ2) is 8.21. The highest BCUT2D eigenvalue weighted by molar-refractivity contribution is 8.01. The van der Waals surface area contributed by atoms with Gasteiger partial charge in [-0.25, -0.2) is 14.0 Å². The molecule has 2 amide bonds. The van der Waals surface area contributed by atoms with Gasteiger partial charge in [0.15, 0.2) is 0 Å². The van der Waals surface area contributed by atoms with Gasteiger partial charge in [-0.1, -0.05) is 0 Å². The molecule has 170 valence electrons. The first kappa shape index (κ1) is 22.3. The normalized spacial score (nSPS) is 16.2. The van der Waals surface area contributed by atoms with E-state index in [2.05, 4.69) is 15.0 Å². The van der Waals surface area contributed by atoms with Crippen LogP contribution in [0.3, 0.4) is 0 Å². The highest BCUT2D eigenvalue weighted by atomic mass is 32.3. The molecule has 2 aromatic rings. The Morgan fingerprint density at radius 2 is 1.77 bits per heavy atom. The van der Waals surface area contributed by atoms with Crippen molar-refractivity contribution >= 4 is 33.4 Å². The second-order valence-electron chi connectivity index (χ2n) is 8.57. The maximum Gasteiger partial charge on any atom is 0.330 e. The number of amides is 2. The number of anilines is 1. The Morgan fingerprint density at radius 3 is 2.32 bits per heavy atom. The van der Waals surface area contributed by atoms with Crippen LogP contribution in [-0.4, -0.2) is 37.0 Å². The Kier molecular flexibility index (Phi) is 5.90. The van der Waals surface area contributed by atoms with Crippen molar-refractivity contribution in [2.75, 3.05) is 11.9 Å². The molecule has 9 nitrogen and oxygen atoms in total. The number of hydrogen-bond donors (Lipinski definition) is 6. The summed E-state index contributed by atoms with van der Waals surface area (Å²) < 4.78 is 15.9. The highest BCUT2D eigenvalue weighted by Gasteiger charge is 2.30. The second-order valence-corrected chi connectivity index (χ2v) is 11.9. The molecule has 0 saturated heterocycles. The van der Waals surface area contributed by atoms with Crippen LogP contribution >= 0.6 is 11.3 Å². The van der Waals surface area contributed by atoms with Gasteiger partial charge in [0.25, 0.3) is 0 Å². The molecule has 0 radical (unpaired) electrons. The number of thiol groups is 1. The predicted molar refractivity (Wildman–Crippen MR) is 121 cm³/mol. The maximum atomic E-state index is 13.3. The van der Waals surface area contributed by atoms with Crippen LogP contribution in [-0.2, 0) is 48.0 Å². The first-order valence-corrected chi connectivity index (χ1v) is 13.0. The summed E-state index contributed by atoms with van der Waals surface area (Å²) in [6.07, 6.45) is 5.65. The number of carbonyl (C=O) groups excluding carboxylic acids is 1. The van der Waals surface area contributed by atoms with Crippen molar-refractivity contribution in [2.24, 2.45) is 5.14 Å². The van der Waals surface area contributed by atoms with Crippen molar-refractivity contribution in [3.8, 4) is 0 Å².